The monoisotopic (exact) mass is 220 g/mol. The van der Waals surface area contributed by atoms with E-state index in [2.05, 4.69) is 18.2 Å². The average molecular weight is 220 g/mol. The molecular weight excluding hydrogens is 204 g/mol. The molecule has 0 aromatic heterocycles. The van der Waals surface area contributed by atoms with E-state index >= 15 is 0 Å². The first-order valence-electron chi connectivity index (χ1n) is 5.44. The molecule has 1 aliphatic rings. The van der Waals surface area contributed by atoms with Crippen LogP contribution in [-0.2, 0) is 21.6 Å². The van der Waals surface area contributed by atoms with Gasteiger partial charge in [0, 0.05) is 7.11 Å². The number of carboxylic acids is 1. The zero-order chi connectivity index (χ0) is 11.8. The van der Waals surface area contributed by atoms with Crippen molar-refractivity contribution in [2.24, 2.45) is 0 Å². The summed E-state index contributed by atoms with van der Waals surface area (Å²) in [5.74, 6) is -0.809. The van der Waals surface area contributed by atoms with Gasteiger partial charge in [-0.1, -0.05) is 23.8 Å². The molecule has 1 unspecified atom stereocenters. The fraction of sp³-hybridized carbons (Fsp3) is 0.462. The van der Waals surface area contributed by atoms with Crippen molar-refractivity contribution in [2.45, 2.75) is 31.8 Å². The summed E-state index contributed by atoms with van der Waals surface area (Å²) in [4.78, 5) is 10.9. The van der Waals surface area contributed by atoms with Crippen molar-refractivity contribution in [1.29, 1.82) is 0 Å². The lowest BCUT2D eigenvalue weighted by Gasteiger charge is -2.27. The third-order valence-electron chi connectivity index (χ3n) is 3.38. The van der Waals surface area contributed by atoms with Crippen LogP contribution in [0.5, 0.6) is 0 Å². The van der Waals surface area contributed by atoms with E-state index in [0.717, 1.165) is 24.0 Å². The van der Waals surface area contributed by atoms with Crippen molar-refractivity contribution in [3.63, 3.8) is 0 Å². The van der Waals surface area contributed by atoms with Gasteiger partial charge in [0.15, 0.2) is 0 Å². The van der Waals surface area contributed by atoms with Crippen molar-refractivity contribution in [1.82, 2.24) is 0 Å². The van der Waals surface area contributed by atoms with E-state index in [4.69, 9.17) is 9.84 Å². The van der Waals surface area contributed by atoms with Crippen molar-refractivity contribution in [3.8, 4) is 0 Å². The van der Waals surface area contributed by atoms with E-state index in [1.165, 1.54) is 5.56 Å². The van der Waals surface area contributed by atoms with Crippen LogP contribution >= 0.6 is 0 Å². The second kappa shape index (κ2) is 3.91. The highest BCUT2D eigenvalue weighted by Crippen LogP contribution is 2.42. The molecule has 0 amide bonds. The first-order valence-corrected chi connectivity index (χ1v) is 5.44. The third-order valence-corrected chi connectivity index (χ3v) is 3.38. The summed E-state index contributed by atoms with van der Waals surface area (Å²) < 4.78 is 5.51. The third kappa shape index (κ3) is 1.71. The van der Waals surface area contributed by atoms with Crippen molar-refractivity contribution in [2.75, 3.05) is 7.11 Å². The van der Waals surface area contributed by atoms with E-state index < -0.39 is 11.6 Å². The van der Waals surface area contributed by atoms with Crippen LogP contribution in [0.15, 0.2) is 18.2 Å². The Bertz CT molecular complexity index is 425. The minimum absolute atomic E-state index is 0.0416. The Balaban J connectivity index is 2.45. The SMILES string of the molecule is COC1(CC(=O)O)CCc2ccc(C)cc21. The molecule has 0 fully saturated rings. The number of benzene rings is 1. The highest BCUT2D eigenvalue weighted by molar-refractivity contribution is 5.69. The molecule has 1 aromatic rings. The topological polar surface area (TPSA) is 46.5 Å². The van der Waals surface area contributed by atoms with Gasteiger partial charge in [-0.15, -0.1) is 0 Å². The second-order valence-corrected chi connectivity index (χ2v) is 4.43. The fourth-order valence-electron chi connectivity index (χ4n) is 2.52. The molecule has 2 rings (SSSR count). The number of hydrogen-bond acceptors (Lipinski definition) is 2. The van der Waals surface area contributed by atoms with E-state index in [0.29, 0.717) is 0 Å². The van der Waals surface area contributed by atoms with Crippen LogP contribution < -0.4 is 0 Å². The highest BCUT2D eigenvalue weighted by atomic mass is 16.5. The minimum atomic E-state index is -0.809. The van der Waals surface area contributed by atoms with Gasteiger partial charge in [0.25, 0.3) is 0 Å². The number of fused-ring (bicyclic) bond motifs is 1. The molecule has 0 heterocycles. The van der Waals surface area contributed by atoms with Crippen molar-refractivity contribution >= 4 is 5.97 Å². The molecule has 3 heteroatoms. The first-order chi connectivity index (χ1) is 7.57. The molecule has 0 bridgehead atoms. The highest BCUT2D eigenvalue weighted by Gasteiger charge is 2.40. The van der Waals surface area contributed by atoms with Crippen LogP contribution in [0.25, 0.3) is 0 Å². The van der Waals surface area contributed by atoms with Crippen LogP contribution in [0, 0.1) is 6.92 Å². The van der Waals surface area contributed by atoms with Crippen LogP contribution in [-0.4, -0.2) is 18.2 Å². The molecule has 16 heavy (non-hydrogen) atoms. The van der Waals surface area contributed by atoms with Gasteiger partial charge in [-0.25, -0.2) is 0 Å². The molecule has 0 saturated carbocycles. The standard InChI is InChI=1S/C13H16O3/c1-9-3-4-10-5-6-13(16-2,8-12(14)15)11(10)7-9/h3-4,7H,5-6,8H2,1-2H3,(H,14,15). The Kier molecular flexibility index (Phi) is 2.72. The summed E-state index contributed by atoms with van der Waals surface area (Å²) in [6, 6.07) is 6.19. The van der Waals surface area contributed by atoms with Crippen molar-refractivity contribution < 1.29 is 14.6 Å². The maximum atomic E-state index is 10.9. The van der Waals surface area contributed by atoms with E-state index in [1.54, 1.807) is 7.11 Å². The summed E-state index contributed by atoms with van der Waals surface area (Å²) >= 11 is 0. The lowest BCUT2D eigenvalue weighted by Crippen LogP contribution is -2.28. The maximum Gasteiger partial charge on any atom is 0.306 e. The van der Waals surface area contributed by atoms with Crippen LogP contribution in [0.2, 0.25) is 0 Å². The smallest absolute Gasteiger partial charge is 0.306 e. The van der Waals surface area contributed by atoms with Crippen molar-refractivity contribution in [3.05, 3.63) is 34.9 Å². The van der Waals surface area contributed by atoms with Gasteiger partial charge >= 0.3 is 5.97 Å². The van der Waals surface area contributed by atoms with Gasteiger partial charge in [-0.2, -0.15) is 0 Å². The number of methoxy groups -OCH3 is 1. The predicted molar refractivity (Wildman–Crippen MR) is 60.4 cm³/mol. The average Bonchev–Trinajstić information content (AvgIpc) is 2.57. The van der Waals surface area contributed by atoms with Gasteiger partial charge in [0.2, 0.25) is 0 Å². The molecular formula is C13H16O3. The minimum Gasteiger partial charge on any atom is -0.481 e. The Hall–Kier alpha value is -1.35. The van der Waals surface area contributed by atoms with E-state index in [-0.39, 0.29) is 6.42 Å². The lowest BCUT2D eigenvalue weighted by atomic mass is 9.91. The van der Waals surface area contributed by atoms with E-state index in [9.17, 15) is 4.79 Å². The first kappa shape index (κ1) is 11.1. The molecule has 0 spiro atoms. The summed E-state index contributed by atoms with van der Waals surface area (Å²) in [5, 5.41) is 8.99. The Morgan fingerprint density at radius 2 is 2.31 bits per heavy atom. The molecule has 0 radical (unpaired) electrons. The molecule has 0 saturated heterocycles. The Labute approximate surface area is 95.0 Å². The lowest BCUT2D eigenvalue weighted by molar-refractivity contribution is -0.144. The van der Waals surface area contributed by atoms with Gasteiger partial charge in [0.1, 0.15) is 5.60 Å². The van der Waals surface area contributed by atoms with Gasteiger partial charge < -0.3 is 9.84 Å². The molecule has 1 atom stereocenters. The quantitative estimate of drug-likeness (QED) is 0.849. The van der Waals surface area contributed by atoms with Gasteiger partial charge in [-0.05, 0) is 30.9 Å². The molecule has 86 valence electrons. The molecule has 1 aliphatic carbocycles. The number of aryl methyl sites for hydroxylation is 2. The van der Waals surface area contributed by atoms with Gasteiger partial charge in [-0.3, -0.25) is 4.79 Å². The number of carboxylic acid groups (broad SMARTS) is 1. The summed E-state index contributed by atoms with van der Waals surface area (Å²) in [5.41, 5.74) is 2.80. The van der Waals surface area contributed by atoms with Gasteiger partial charge in [0.05, 0.1) is 6.42 Å². The second-order valence-electron chi connectivity index (χ2n) is 4.43. The zero-order valence-electron chi connectivity index (χ0n) is 9.62. The number of carbonyl (C=O) groups is 1. The molecule has 1 N–H and O–H groups in total. The largest absolute Gasteiger partial charge is 0.481 e. The van der Waals surface area contributed by atoms with Crippen LogP contribution in [0.4, 0.5) is 0 Å². The van der Waals surface area contributed by atoms with Crippen LogP contribution in [0.3, 0.4) is 0 Å². The molecule has 0 aliphatic heterocycles. The summed E-state index contributed by atoms with van der Waals surface area (Å²) in [7, 11) is 1.60. The molecule has 3 nitrogen and oxygen atoms in total. The number of ether oxygens (including phenoxy) is 1. The summed E-state index contributed by atoms with van der Waals surface area (Å²) in [6.07, 6.45) is 1.70. The van der Waals surface area contributed by atoms with E-state index in [1.807, 2.05) is 6.92 Å². The molecule has 1 aromatic carbocycles. The fourth-order valence-corrected chi connectivity index (χ4v) is 2.52. The number of aliphatic carboxylic acids is 1. The Morgan fingerprint density at radius 3 is 2.94 bits per heavy atom. The number of hydrogen-bond donors (Lipinski definition) is 1. The number of rotatable bonds is 3. The zero-order valence-corrected chi connectivity index (χ0v) is 9.62. The normalized spacial score (nSPS) is 23.1. The maximum absolute atomic E-state index is 10.9. The van der Waals surface area contributed by atoms with Crippen LogP contribution in [0.1, 0.15) is 29.5 Å². The Morgan fingerprint density at radius 1 is 1.56 bits per heavy atom. The summed E-state index contributed by atoms with van der Waals surface area (Å²) in [6.45, 7) is 2.01. The predicted octanol–water partition coefficient (Wildman–Crippen LogP) is 2.26.